The molecule has 4 rings (SSSR count). The van der Waals surface area contributed by atoms with E-state index in [1.54, 1.807) is 36.7 Å². The SMILES string of the molecule is C=CC(=O)Nc1ccc(C(=O)N2CCCCC2)cc1.CC(C)(C)c1cnc(/C=C/c2cnc(N)s2)o1. The highest BCUT2D eigenvalue weighted by molar-refractivity contribution is 7.16. The van der Waals surface area contributed by atoms with E-state index in [0.29, 0.717) is 22.3 Å². The topological polar surface area (TPSA) is 114 Å². The van der Waals surface area contributed by atoms with Crippen LogP contribution in [0.2, 0.25) is 0 Å². The van der Waals surface area contributed by atoms with Gasteiger partial charge in [-0.25, -0.2) is 9.97 Å². The number of carbonyl (C=O) groups excluding carboxylic acids is 2. The number of aromatic nitrogens is 2. The highest BCUT2D eigenvalue weighted by Gasteiger charge is 2.19. The molecule has 0 unspecified atom stereocenters. The lowest BCUT2D eigenvalue weighted by Crippen LogP contribution is -2.35. The number of carbonyl (C=O) groups is 2. The van der Waals surface area contributed by atoms with Crippen molar-refractivity contribution in [1.82, 2.24) is 14.9 Å². The molecule has 0 aliphatic carbocycles. The number of nitrogens with one attached hydrogen (secondary N) is 1. The Balaban J connectivity index is 0.000000202. The normalized spacial score (nSPS) is 13.7. The van der Waals surface area contributed by atoms with Crippen LogP contribution >= 0.6 is 11.3 Å². The molecule has 0 spiro atoms. The summed E-state index contributed by atoms with van der Waals surface area (Å²) in [5.41, 5.74) is 6.86. The van der Waals surface area contributed by atoms with Crippen LogP contribution in [0.3, 0.4) is 0 Å². The van der Waals surface area contributed by atoms with Gasteiger partial charge in [-0.05, 0) is 55.7 Å². The minimum absolute atomic E-state index is 0.0198. The fraction of sp³-hybridized carbons (Fsp3) is 0.333. The van der Waals surface area contributed by atoms with E-state index < -0.39 is 0 Å². The van der Waals surface area contributed by atoms with Gasteiger partial charge in [-0.15, -0.1) is 0 Å². The molecular weight excluding hydrogens is 474 g/mol. The first-order valence-corrected chi connectivity index (χ1v) is 12.7. The Morgan fingerprint density at radius 2 is 1.78 bits per heavy atom. The molecule has 3 N–H and O–H groups in total. The van der Waals surface area contributed by atoms with Crippen LogP contribution < -0.4 is 11.1 Å². The first-order chi connectivity index (χ1) is 17.2. The second-order valence-corrected chi connectivity index (χ2v) is 10.5. The number of piperidine rings is 1. The first-order valence-electron chi connectivity index (χ1n) is 11.8. The molecule has 2 aromatic heterocycles. The lowest BCUT2D eigenvalue weighted by molar-refractivity contribution is -0.111. The van der Waals surface area contributed by atoms with E-state index in [-0.39, 0.29) is 17.2 Å². The van der Waals surface area contributed by atoms with Gasteiger partial charge in [0.2, 0.25) is 11.8 Å². The van der Waals surface area contributed by atoms with Crippen molar-refractivity contribution in [2.45, 2.75) is 45.4 Å². The summed E-state index contributed by atoms with van der Waals surface area (Å²) in [5, 5.41) is 3.22. The van der Waals surface area contributed by atoms with Gasteiger partial charge in [-0.1, -0.05) is 38.7 Å². The number of thiazole rings is 1. The maximum absolute atomic E-state index is 12.2. The Morgan fingerprint density at radius 3 is 2.33 bits per heavy atom. The van der Waals surface area contributed by atoms with E-state index in [0.717, 1.165) is 36.6 Å². The van der Waals surface area contributed by atoms with Gasteiger partial charge in [0.15, 0.2) is 5.13 Å². The van der Waals surface area contributed by atoms with Crippen molar-refractivity contribution in [1.29, 1.82) is 0 Å². The highest BCUT2D eigenvalue weighted by Crippen LogP contribution is 2.24. The van der Waals surface area contributed by atoms with Gasteiger partial charge >= 0.3 is 0 Å². The monoisotopic (exact) mass is 507 g/mol. The van der Waals surface area contributed by atoms with Crippen LogP contribution in [0.25, 0.3) is 12.2 Å². The van der Waals surface area contributed by atoms with E-state index in [4.69, 9.17) is 10.2 Å². The average Bonchev–Trinajstić information content (AvgIpc) is 3.52. The number of hydrogen-bond acceptors (Lipinski definition) is 7. The fourth-order valence-electron chi connectivity index (χ4n) is 3.41. The number of rotatable bonds is 5. The number of benzene rings is 1. The Kier molecular flexibility index (Phi) is 9.19. The summed E-state index contributed by atoms with van der Waals surface area (Å²) in [5.74, 6) is 1.29. The number of nitrogens with two attached hydrogens (primary N) is 1. The molecule has 0 radical (unpaired) electrons. The predicted molar refractivity (Wildman–Crippen MR) is 146 cm³/mol. The van der Waals surface area contributed by atoms with E-state index in [1.807, 2.05) is 17.1 Å². The molecule has 1 fully saturated rings. The summed E-state index contributed by atoms with van der Waals surface area (Å²) in [6.45, 7) is 11.3. The summed E-state index contributed by atoms with van der Waals surface area (Å²) < 4.78 is 5.63. The molecular formula is C27H33N5O3S. The number of anilines is 2. The summed E-state index contributed by atoms with van der Waals surface area (Å²) in [7, 11) is 0. The van der Waals surface area contributed by atoms with E-state index in [2.05, 4.69) is 42.6 Å². The van der Waals surface area contributed by atoms with Crippen LogP contribution in [0.4, 0.5) is 10.8 Å². The van der Waals surface area contributed by atoms with Crippen molar-refractivity contribution in [3.63, 3.8) is 0 Å². The molecule has 0 bridgehead atoms. The minimum Gasteiger partial charge on any atom is -0.441 e. The molecule has 3 aromatic rings. The van der Waals surface area contributed by atoms with Crippen molar-refractivity contribution in [2.75, 3.05) is 24.1 Å². The quantitative estimate of drug-likeness (QED) is 0.433. The van der Waals surface area contributed by atoms with Crippen LogP contribution in [-0.4, -0.2) is 39.8 Å². The first kappa shape index (κ1) is 26.9. The molecule has 36 heavy (non-hydrogen) atoms. The molecule has 0 atom stereocenters. The van der Waals surface area contributed by atoms with Gasteiger partial charge in [0.05, 0.1) is 6.20 Å². The average molecular weight is 508 g/mol. The molecule has 1 aliphatic heterocycles. The molecule has 3 heterocycles. The third-order valence-corrected chi connectivity index (χ3v) is 6.21. The van der Waals surface area contributed by atoms with Gasteiger partial charge in [-0.2, -0.15) is 0 Å². The number of amides is 2. The number of oxazole rings is 1. The van der Waals surface area contributed by atoms with Crippen molar-refractivity contribution >= 4 is 46.1 Å². The second kappa shape index (κ2) is 12.3. The summed E-state index contributed by atoms with van der Waals surface area (Å²) in [4.78, 5) is 34.4. The molecule has 8 nitrogen and oxygen atoms in total. The van der Waals surface area contributed by atoms with Gasteiger partial charge in [0, 0.05) is 46.9 Å². The number of hydrogen-bond donors (Lipinski definition) is 2. The van der Waals surface area contributed by atoms with Crippen LogP contribution in [0, 0.1) is 0 Å². The molecule has 1 saturated heterocycles. The van der Waals surface area contributed by atoms with Gasteiger partial charge in [0.1, 0.15) is 5.76 Å². The zero-order valence-corrected chi connectivity index (χ0v) is 21.8. The molecule has 0 saturated carbocycles. The Bertz CT molecular complexity index is 1200. The van der Waals surface area contributed by atoms with Crippen LogP contribution in [-0.2, 0) is 10.2 Å². The summed E-state index contributed by atoms with van der Waals surface area (Å²) in [6, 6.07) is 6.96. The third kappa shape index (κ3) is 7.91. The van der Waals surface area contributed by atoms with Gasteiger partial charge in [0.25, 0.3) is 5.91 Å². The fourth-order valence-corrected chi connectivity index (χ4v) is 4.00. The maximum Gasteiger partial charge on any atom is 0.253 e. The van der Waals surface area contributed by atoms with Gasteiger partial charge < -0.3 is 20.4 Å². The minimum atomic E-state index is -0.255. The zero-order valence-electron chi connectivity index (χ0n) is 21.0. The molecule has 9 heteroatoms. The Labute approximate surface area is 215 Å². The van der Waals surface area contributed by atoms with Crippen LogP contribution in [0.15, 0.2) is 53.7 Å². The van der Waals surface area contributed by atoms with Crippen LogP contribution in [0.1, 0.15) is 66.9 Å². The van der Waals surface area contributed by atoms with Crippen LogP contribution in [0.5, 0.6) is 0 Å². The van der Waals surface area contributed by atoms with Crippen molar-refractivity contribution < 1.29 is 14.0 Å². The number of nitrogen functional groups attached to an aromatic ring is 1. The van der Waals surface area contributed by atoms with E-state index >= 15 is 0 Å². The van der Waals surface area contributed by atoms with E-state index in [9.17, 15) is 9.59 Å². The molecule has 2 amide bonds. The standard InChI is InChI=1S/C15H18N2O2.C12H15N3OS/c1-2-14(18)16-13-8-6-12(7-9-13)15(19)17-10-4-3-5-11-17;1-12(2,3)9-7-14-10(16-9)5-4-8-6-15-11(13)17-8/h2,6-9H,1,3-5,10-11H2,(H,16,18);4-7H,1-3H3,(H2,13,15)/b;5-4+. The zero-order chi connectivity index (χ0) is 26.1. The molecule has 1 aliphatic rings. The smallest absolute Gasteiger partial charge is 0.253 e. The number of nitrogens with zero attached hydrogens (tertiary/aromatic N) is 3. The number of likely N-dealkylation sites (tertiary alicyclic amines) is 1. The Morgan fingerprint density at radius 1 is 1.08 bits per heavy atom. The highest BCUT2D eigenvalue weighted by atomic mass is 32.1. The van der Waals surface area contributed by atoms with Gasteiger partial charge in [-0.3, -0.25) is 9.59 Å². The Hall–Kier alpha value is -3.72. The van der Waals surface area contributed by atoms with Crippen molar-refractivity contribution in [3.05, 3.63) is 71.4 Å². The second-order valence-electron chi connectivity index (χ2n) is 9.37. The lowest BCUT2D eigenvalue weighted by Gasteiger charge is -2.26. The van der Waals surface area contributed by atoms with E-state index in [1.165, 1.54) is 23.8 Å². The lowest BCUT2D eigenvalue weighted by atomic mass is 9.94. The molecule has 1 aromatic carbocycles. The maximum atomic E-state index is 12.2. The van der Waals surface area contributed by atoms with Crippen molar-refractivity contribution in [3.8, 4) is 0 Å². The van der Waals surface area contributed by atoms with Crippen molar-refractivity contribution in [2.24, 2.45) is 0 Å². The summed E-state index contributed by atoms with van der Waals surface area (Å²) in [6.07, 6.45) is 11.8. The predicted octanol–water partition coefficient (Wildman–Crippen LogP) is 5.62. The third-order valence-electron chi connectivity index (χ3n) is 5.42. The molecule has 190 valence electrons. The largest absolute Gasteiger partial charge is 0.441 e. The summed E-state index contributed by atoms with van der Waals surface area (Å²) >= 11 is 1.43.